The third-order valence-corrected chi connectivity index (χ3v) is 4.69. The van der Waals surface area contributed by atoms with Gasteiger partial charge in [0.1, 0.15) is 44.5 Å². The van der Waals surface area contributed by atoms with Crippen LogP contribution in [-0.4, -0.2) is 66.6 Å². The zero-order valence-corrected chi connectivity index (χ0v) is 29.5. The van der Waals surface area contributed by atoms with Gasteiger partial charge in [-0.05, 0) is 66.8 Å². The maximum atomic E-state index is 9.40. The molecular formula is C33H60O12. The summed E-state index contributed by atoms with van der Waals surface area (Å²) in [6.45, 7) is 18.8. The summed E-state index contributed by atoms with van der Waals surface area (Å²) in [5, 5.41) is 9.40. The molecule has 2 aromatic rings. The Labute approximate surface area is 271 Å². The zero-order valence-electron chi connectivity index (χ0n) is 29.5. The molecule has 12 heteroatoms. The quantitative estimate of drug-likeness (QED) is 0.0881. The minimum atomic E-state index is 0.155. The molecule has 2 aromatic carbocycles. The van der Waals surface area contributed by atoms with Crippen LogP contribution in [0.15, 0.2) is 36.4 Å². The molecule has 1 N–H and O–H groups in total. The van der Waals surface area contributed by atoms with Crippen molar-refractivity contribution < 1.29 is 58.4 Å². The van der Waals surface area contributed by atoms with Crippen LogP contribution in [0.25, 0.3) is 0 Å². The fraction of sp³-hybridized carbons (Fsp3) is 0.636. The number of ether oxygens (including phenoxy) is 3. The Bertz CT molecular complexity index is 811. The summed E-state index contributed by atoms with van der Waals surface area (Å²) >= 11 is 0. The van der Waals surface area contributed by atoms with Gasteiger partial charge >= 0.3 is 0 Å². The fourth-order valence-corrected chi connectivity index (χ4v) is 3.05. The van der Waals surface area contributed by atoms with E-state index in [0.717, 1.165) is 47.6 Å². The first kappa shape index (κ1) is 47.1. The normalized spacial score (nSPS) is 9.76. The van der Waals surface area contributed by atoms with Gasteiger partial charge in [0.2, 0.25) is 0 Å². The molecule has 0 fully saturated rings. The molecule has 0 atom stereocenters. The van der Waals surface area contributed by atoms with E-state index in [9.17, 15) is 5.11 Å². The minimum absolute atomic E-state index is 0.155. The van der Waals surface area contributed by atoms with Crippen molar-refractivity contribution in [2.45, 2.75) is 81.3 Å². The number of hydrogen-bond donors (Lipinski definition) is 1. The minimum Gasteiger partial charge on any atom is -0.508 e. The summed E-state index contributed by atoms with van der Waals surface area (Å²) in [4.78, 5) is 37.5. The average molecular weight is 649 g/mol. The summed E-state index contributed by atoms with van der Waals surface area (Å²) < 4.78 is 15.8. The molecule has 0 heterocycles. The molecule has 0 saturated heterocycles. The highest BCUT2D eigenvalue weighted by atomic mass is 17.2. The van der Waals surface area contributed by atoms with Gasteiger partial charge in [-0.2, -0.15) is 0 Å². The molecule has 45 heavy (non-hydrogen) atoms. The Morgan fingerprint density at radius 2 is 0.844 bits per heavy atom. The van der Waals surface area contributed by atoms with E-state index in [1.54, 1.807) is 12.1 Å². The van der Waals surface area contributed by atoms with Crippen molar-refractivity contribution in [3.8, 4) is 11.5 Å². The van der Waals surface area contributed by atoms with E-state index >= 15 is 0 Å². The molecule has 264 valence electrons. The Balaban J connectivity index is -0.000000619. The van der Waals surface area contributed by atoms with E-state index in [1.807, 2.05) is 65.8 Å². The van der Waals surface area contributed by atoms with Crippen LogP contribution in [0.4, 0.5) is 0 Å². The SMILES string of the molecule is CC.CC.CCCOCC.CCOCCOc1cc(COOC)cc(COOC)c1.COOCc1cc(O)cc(COOC)c1. The first-order valence-corrected chi connectivity index (χ1v) is 15.3. The van der Waals surface area contributed by atoms with Crippen molar-refractivity contribution in [3.63, 3.8) is 0 Å². The van der Waals surface area contributed by atoms with E-state index in [2.05, 4.69) is 26.5 Å². The standard InChI is InChI=1S/C14H22O6.C10H14O5.C5H12O.2C2H6/c1-4-17-5-6-18-14-8-12(10-19-15-2)7-13(9-14)11-20-16-3;1-12-14-6-8-3-9(7-15-13-2)5-10(11)4-8;1-3-5-6-4-2;2*1-2/h7-9H,4-6,10-11H2,1-3H3;3-5,11H,6-7H2,1-2H3;3-5H2,1-2H3;2*1-2H3. The van der Waals surface area contributed by atoms with Crippen LogP contribution in [0.5, 0.6) is 11.5 Å². The second kappa shape index (κ2) is 37.8. The number of phenolic OH excluding ortho intramolecular Hbond substituents is 1. The first-order chi connectivity index (χ1) is 22.0. The van der Waals surface area contributed by atoms with Gasteiger partial charge in [0.05, 0.1) is 35.0 Å². The zero-order chi connectivity index (χ0) is 34.6. The first-order valence-electron chi connectivity index (χ1n) is 15.3. The highest BCUT2D eigenvalue weighted by Gasteiger charge is 2.05. The number of benzene rings is 2. The number of aromatic hydroxyl groups is 1. The van der Waals surface area contributed by atoms with Gasteiger partial charge in [-0.25, -0.2) is 39.1 Å². The Morgan fingerprint density at radius 3 is 1.16 bits per heavy atom. The van der Waals surface area contributed by atoms with Gasteiger partial charge in [-0.1, -0.05) is 46.8 Å². The molecule has 0 saturated carbocycles. The maximum absolute atomic E-state index is 9.40. The Kier molecular flexibility index (Phi) is 39.5. The highest BCUT2D eigenvalue weighted by molar-refractivity contribution is 5.34. The van der Waals surface area contributed by atoms with Gasteiger partial charge in [-0.15, -0.1) is 0 Å². The Morgan fingerprint density at radius 1 is 0.489 bits per heavy atom. The third-order valence-electron chi connectivity index (χ3n) is 4.69. The predicted octanol–water partition coefficient (Wildman–Crippen LogP) is 7.29. The third kappa shape index (κ3) is 30.1. The maximum Gasteiger partial charge on any atom is 0.120 e. The monoisotopic (exact) mass is 648 g/mol. The fourth-order valence-electron chi connectivity index (χ4n) is 3.05. The van der Waals surface area contributed by atoms with Crippen LogP contribution in [0.3, 0.4) is 0 Å². The van der Waals surface area contributed by atoms with Gasteiger partial charge in [0, 0.05) is 19.8 Å². The van der Waals surface area contributed by atoms with E-state index in [4.69, 9.17) is 33.8 Å². The molecule has 0 aliphatic carbocycles. The summed E-state index contributed by atoms with van der Waals surface area (Å²) in [5.41, 5.74) is 3.45. The van der Waals surface area contributed by atoms with Crippen molar-refractivity contribution in [1.29, 1.82) is 0 Å². The Hall–Kier alpha value is -2.36. The van der Waals surface area contributed by atoms with Crippen molar-refractivity contribution in [3.05, 3.63) is 58.7 Å². The number of phenols is 1. The van der Waals surface area contributed by atoms with Crippen molar-refractivity contribution in [2.24, 2.45) is 0 Å². The summed E-state index contributed by atoms with van der Waals surface area (Å²) in [6, 6.07) is 10.7. The number of hydrogen-bond acceptors (Lipinski definition) is 12. The van der Waals surface area contributed by atoms with Crippen LogP contribution >= 0.6 is 0 Å². The van der Waals surface area contributed by atoms with Gasteiger partial charge < -0.3 is 19.3 Å². The lowest BCUT2D eigenvalue weighted by atomic mass is 10.1. The highest BCUT2D eigenvalue weighted by Crippen LogP contribution is 2.19. The van der Waals surface area contributed by atoms with Crippen LogP contribution in [0.2, 0.25) is 0 Å². The van der Waals surface area contributed by atoms with Gasteiger partial charge in [0.25, 0.3) is 0 Å². The lowest BCUT2D eigenvalue weighted by Gasteiger charge is -2.11. The molecular weight excluding hydrogens is 588 g/mol. The molecule has 0 bridgehead atoms. The van der Waals surface area contributed by atoms with E-state index < -0.39 is 0 Å². The van der Waals surface area contributed by atoms with Crippen LogP contribution in [-0.2, 0) is 75.0 Å². The van der Waals surface area contributed by atoms with Crippen molar-refractivity contribution in [1.82, 2.24) is 0 Å². The second-order valence-electron chi connectivity index (χ2n) is 7.95. The second-order valence-corrected chi connectivity index (χ2v) is 7.95. The molecule has 0 aromatic heterocycles. The van der Waals surface area contributed by atoms with Gasteiger partial charge in [0.15, 0.2) is 0 Å². The molecule has 0 radical (unpaired) electrons. The molecule has 0 spiro atoms. The molecule has 12 nitrogen and oxygen atoms in total. The average Bonchev–Trinajstić information content (AvgIpc) is 3.07. The smallest absolute Gasteiger partial charge is 0.120 e. The molecule has 0 amide bonds. The topological polar surface area (TPSA) is 122 Å². The summed E-state index contributed by atoms with van der Waals surface area (Å²) in [6.07, 6.45) is 1.13. The van der Waals surface area contributed by atoms with E-state index in [-0.39, 0.29) is 19.0 Å². The van der Waals surface area contributed by atoms with Crippen molar-refractivity contribution >= 4 is 0 Å². The molecule has 0 aliphatic heterocycles. The van der Waals surface area contributed by atoms with E-state index in [0.29, 0.717) is 33.0 Å². The van der Waals surface area contributed by atoms with Crippen LogP contribution in [0, 0.1) is 0 Å². The largest absolute Gasteiger partial charge is 0.508 e. The predicted molar refractivity (Wildman–Crippen MR) is 173 cm³/mol. The lowest BCUT2D eigenvalue weighted by molar-refractivity contribution is -0.283. The summed E-state index contributed by atoms with van der Waals surface area (Å²) in [5.74, 6) is 0.888. The molecule has 0 unspecified atom stereocenters. The molecule has 0 aliphatic rings. The summed E-state index contributed by atoms with van der Waals surface area (Å²) in [7, 11) is 5.80. The van der Waals surface area contributed by atoms with Crippen LogP contribution in [0.1, 0.15) is 77.1 Å². The van der Waals surface area contributed by atoms with Crippen LogP contribution < -0.4 is 4.74 Å². The van der Waals surface area contributed by atoms with Crippen molar-refractivity contribution in [2.75, 3.05) is 61.5 Å². The lowest BCUT2D eigenvalue weighted by Crippen LogP contribution is -2.07. The number of rotatable bonds is 20. The van der Waals surface area contributed by atoms with E-state index in [1.165, 1.54) is 28.4 Å². The molecule has 2 rings (SSSR count). The van der Waals surface area contributed by atoms with Gasteiger partial charge in [-0.3, -0.25) is 0 Å².